The van der Waals surface area contributed by atoms with E-state index in [-0.39, 0.29) is 40.0 Å². The maximum atomic E-state index is 12.5. The van der Waals surface area contributed by atoms with Gasteiger partial charge in [0.2, 0.25) is 0 Å². The molecule has 1 aliphatic carbocycles. The quantitative estimate of drug-likeness (QED) is 0.254. The minimum absolute atomic E-state index is 0.0437. The van der Waals surface area contributed by atoms with Crippen LogP contribution in [0.25, 0.3) is 4.85 Å². The first-order valence-electron chi connectivity index (χ1n) is 10.9. The van der Waals surface area contributed by atoms with Crippen LogP contribution in [0.15, 0.2) is 36.5 Å². The minimum atomic E-state index is -2.39. The number of ketones is 1. The fourth-order valence-electron chi connectivity index (χ4n) is 2.33. The predicted molar refractivity (Wildman–Crippen MR) is 137 cm³/mol. The molecule has 0 unspecified atom stereocenters. The molecule has 38 heavy (non-hydrogen) atoms. The van der Waals surface area contributed by atoms with Gasteiger partial charge >= 0.3 is 17.8 Å². The van der Waals surface area contributed by atoms with Crippen molar-refractivity contribution < 1.29 is 37.4 Å². The molecule has 13 heteroatoms. The molecule has 0 radical (unpaired) electrons. The van der Waals surface area contributed by atoms with Crippen LogP contribution < -0.4 is 5.73 Å². The average molecular weight is 578 g/mol. The van der Waals surface area contributed by atoms with E-state index in [9.17, 15) is 27.6 Å². The Bertz CT molecular complexity index is 1100. The number of rotatable bonds is 4. The lowest BCUT2D eigenvalue weighted by Gasteiger charge is -2.27. The van der Waals surface area contributed by atoms with Crippen LogP contribution in [0.2, 0.25) is 5.02 Å². The number of esters is 1. The van der Waals surface area contributed by atoms with E-state index < -0.39 is 23.8 Å². The zero-order valence-corrected chi connectivity index (χ0v) is 22.4. The van der Waals surface area contributed by atoms with Gasteiger partial charge in [0.15, 0.2) is 5.82 Å². The third kappa shape index (κ3) is 15.1. The van der Waals surface area contributed by atoms with Gasteiger partial charge in [-0.2, -0.15) is 0 Å². The summed E-state index contributed by atoms with van der Waals surface area (Å²) < 4.78 is 41.5. The number of pyridine rings is 1. The molecule has 0 aliphatic heterocycles. The summed E-state index contributed by atoms with van der Waals surface area (Å²) in [4.78, 5) is 37.3. The van der Waals surface area contributed by atoms with Gasteiger partial charge in [0.1, 0.15) is 23.5 Å². The van der Waals surface area contributed by atoms with Gasteiger partial charge in [0.05, 0.1) is 10.9 Å². The molecule has 0 amide bonds. The lowest BCUT2D eigenvalue weighted by atomic mass is 9.84. The van der Waals surface area contributed by atoms with E-state index in [1.54, 1.807) is 12.1 Å². The molecule has 2 aromatic rings. The van der Waals surface area contributed by atoms with E-state index in [0.29, 0.717) is 19.4 Å². The Morgan fingerprint density at radius 1 is 1.26 bits per heavy atom. The summed E-state index contributed by atoms with van der Waals surface area (Å²) in [5, 5.41) is 7.79. The fourth-order valence-corrected chi connectivity index (χ4v) is 2.48. The zero-order valence-electron chi connectivity index (χ0n) is 20.9. The highest BCUT2D eigenvalue weighted by molar-refractivity contribution is 6.30. The predicted octanol–water partition coefficient (Wildman–Crippen LogP) is 6.12. The summed E-state index contributed by atoms with van der Waals surface area (Å²) in [6.07, 6.45) is -0.413. The molecule has 3 N–H and O–H groups in total. The summed E-state index contributed by atoms with van der Waals surface area (Å²) >= 11 is 10.1. The molecule has 0 spiro atoms. The van der Waals surface area contributed by atoms with Crippen LogP contribution in [0.1, 0.15) is 51.2 Å². The number of aliphatic carboxylic acids is 1. The summed E-state index contributed by atoms with van der Waals surface area (Å²) in [6.45, 7) is 12.3. The van der Waals surface area contributed by atoms with E-state index in [0.717, 1.165) is 11.6 Å². The monoisotopic (exact) mass is 577 g/mol. The van der Waals surface area contributed by atoms with Crippen LogP contribution in [-0.2, 0) is 25.7 Å². The van der Waals surface area contributed by atoms with Gasteiger partial charge in [-0.25, -0.2) is 13.2 Å². The van der Waals surface area contributed by atoms with Gasteiger partial charge < -0.3 is 20.4 Å². The number of Topliss-reactive ketones (excluding diaryl/α,β-unsaturated/α-hetero) is 1. The molecule has 0 atom stereocenters. The Morgan fingerprint density at radius 2 is 1.79 bits per heavy atom. The number of carbonyl (C=O) groups excluding carboxylic acids is 2. The van der Waals surface area contributed by atoms with Gasteiger partial charge in [0.25, 0.3) is 6.43 Å². The highest BCUT2D eigenvalue weighted by Gasteiger charge is 2.35. The third-order valence-electron chi connectivity index (χ3n) is 4.16. The van der Waals surface area contributed by atoms with Crippen LogP contribution in [-0.4, -0.2) is 39.3 Å². The van der Waals surface area contributed by atoms with Gasteiger partial charge in [0, 0.05) is 24.9 Å². The molecule has 1 saturated carbocycles. The standard InChI is InChI=1S/C9H14O3.C8H9F2N.C6H2ClFN2.C2H3ClO2/c1-9(2,3)12-8(11)6-4-7(10)5-6;9-8(10)7-3-1-6(5-11)2-4-7;1-9-6-5(8)2-4(7)3-10-6;3-1-2(4)5/h6H,4-5H2,1-3H3;1-4,8H,5,11H2;2-3H;1H2,(H,4,5). The first-order valence-corrected chi connectivity index (χ1v) is 11.8. The van der Waals surface area contributed by atoms with Crippen molar-refractivity contribution in [3.8, 4) is 0 Å². The molecule has 1 aromatic heterocycles. The number of hydrogen-bond donors (Lipinski definition) is 2. The van der Waals surface area contributed by atoms with Crippen molar-refractivity contribution >= 4 is 46.7 Å². The third-order valence-corrected chi connectivity index (χ3v) is 4.60. The van der Waals surface area contributed by atoms with E-state index in [1.165, 1.54) is 18.3 Å². The van der Waals surface area contributed by atoms with Crippen LogP contribution in [0.3, 0.4) is 0 Å². The van der Waals surface area contributed by atoms with Gasteiger partial charge in [-0.1, -0.05) is 42.4 Å². The van der Waals surface area contributed by atoms with E-state index in [4.69, 9.17) is 45.4 Å². The van der Waals surface area contributed by atoms with E-state index >= 15 is 0 Å². The number of nitrogens with zero attached hydrogens (tertiary/aromatic N) is 2. The maximum absolute atomic E-state index is 12.5. The minimum Gasteiger partial charge on any atom is -0.480 e. The maximum Gasteiger partial charge on any atom is 0.318 e. The largest absolute Gasteiger partial charge is 0.480 e. The summed E-state index contributed by atoms with van der Waals surface area (Å²) in [7, 11) is 0. The van der Waals surface area contributed by atoms with Gasteiger partial charge in [-0.3, -0.25) is 14.4 Å². The average Bonchev–Trinajstić information content (AvgIpc) is 2.82. The number of hydrogen-bond acceptors (Lipinski definition) is 6. The number of aromatic nitrogens is 1. The Kier molecular flexibility index (Phi) is 15.9. The van der Waals surface area contributed by atoms with Crippen LogP contribution in [0, 0.1) is 18.3 Å². The zero-order chi connectivity index (χ0) is 29.5. The second-order valence-electron chi connectivity index (χ2n) is 8.52. The van der Waals surface area contributed by atoms with Crippen molar-refractivity contribution in [2.75, 3.05) is 5.88 Å². The van der Waals surface area contributed by atoms with Crippen LogP contribution >= 0.6 is 23.2 Å². The molecule has 1 fully saturated rings. The number of ether oxygens (including phenoxy) is 1. The molecule has 0 bridgehead atoms. The van der Waals surface area contributed by atoms with E-state index in [1.807, 2.05) is 20.8 Å². The Labute approximate surface area is 228 Å². The van der Waals surface area contributed by atoms with Crippen molar-refractivity contribution in [3.05, 3.63) is 69.9 Å². The molecule has 1 aromatic carbocycles. The highest BCUT2D eigenvalue weighted by Crippen LogP contribution is 2.26. The first-order chi connectivity index (χ1) is 17.6. The smallest absolute Gasteiger partial charge is 0.318 e. The molecule has 0 saturated heterocycles. The lowest BCUT2D eigenvalue weighted by Crippen LogP contribution is -2.36. The number of carbonyl (C=O) groups is 3. The van der Waals surface area contributed by atoms with Gasteiger partial charge in [-0.05, 0) is 32.4 Å². The van der Waals surface area contributed by atoms with E-state index in [2.05, 4.69) is 9.83 Å². The number of nitrogens with two attached hydrogens (primary N) is 1. The molecule has 8 nitrogen and oxygen atoms in total. The van der Waals surface area contributed by atoms with Crippen molar-refractivity contribution in [3.63, 3.8) is 0 Å². The number of halogens is 5. The second kappa shape index (κ2) is 17.3. The molecular formula is C25H28Cl2F3N3O5. The molecule has 1 heterocycles. The number of carboxylic acid groups (broad SMARTS) is 1. The Hall–Kier alpha value is -3.20. The topological polar surface area (TPSA) is 124 Å². The second-order valence-corrected chi connectivity index (χ2v) is 9.23. The van der Waals surface area contributed by atoms with Crippen molar-refractivity contribution in [2.24, 2.45) is 11.7 Å². The normalized spacial score (nSPS) is 12.3. The summed E-state index contributed by atoms with van der Waals surface area (Å²) in [5.41, 5.74) is 5.77. The molecular weight excluding hydrogens is 550 g/mol. The lowest BCUT2D eigenvalue weighted by molar-refractivity contribution is -0.165. The summed E-state index contributed by atoms with van der Waals surface area (Å²) in [5.74, 6) is -2.46. The van der Waals surface area contributed by atoms with Gasteiger partial charge in [-0.15, -0.1) is 16.6 Å². The van der Waals surface area contributed by atoms with Crippen LogP contribution in [0.5, 0.6) is 0 Å². The molecule has 3 rings (SSSR count). The SMILES string of the molecule is CC(C)(C)OC(=O)C1CC(=O)C1.NCc1ccc(C(F)F)cc1.O=C(O)CCl.[C-]#[N+]c1ncc(Cl)cc1F. The number of carboxylic acids is 1. The highest BCUT2D eigenvalue weighted by atomic mass is 35.5. The number of benzene rings is 1. The number of alkyl halides is 3. The fraction of sp³-hybridized carbons (Fsp3) is 0.400. The van der Waals surface area contributed by atoms with Crippen molar-refractivity contribution in [1.82, 2.24) is 4.98 Å². The van der Waals surface area contributed by atoms with Crippen LogP contribution in [0.4, 0.5) is 19.0 Å². The van der Waals surface area contributed by atoms with Crippen molar-refractivity contribution in [1.29, 1.82) is 0 Å². The Morgan fingerprint density at radius 3 is 2.13 bits per heavy atom. The van der Waals surface area contributed by atoms with Crippen molar-refractivity contribution in [2.45, 2.75) is 52.2 Å². The summed E-state index contributed by atoms with van der Waals surface area (Å²) in [6, 6.07) is 7.07. The Balaban J connectivity index is 0.000000499. The molecule has 1 aliphatic rings. The first kappa shape index (κ1) is 34.8. The molecule has 208 valence electrons.